The Bertz CT molecular complexity index is 568. The summed E-state index contributed by atoms with van der Waals surface area (Å²) in [5.74, 6) is 0.723. The lowest BCUT2D eigenvalue weighted by Gasteiger charge is -2.34. The summed E-state index contributed by atoms with van der Waals surface area (Å²) in [6, 6.07) is 6.03. The molecule has 0 aromatic carbocycles. The summed E-state index contributed by atoms with van der Waals surface area (Å²) in [5, 5.41) is 11.4. The lowest BCUT2D eigenvalue weighted by molar-refractivity contribution is 0.253. The van der Waals surface area contributed by atoms with E-state index in [2.05, 4.69) is 27.6 Å². The summed E-state index contributed by atoms with van der Waals surface area (Å²) in [4.78, 5) is 4.51. The quantitative estimate of drug-likeness (QED) is 0.883. The van der Waals surface area contributed by atoms with Crippen LogP contribution < -0.4 is 10.6 Å². The van der Waals surface area contributed by atoms with E-state index in [4.69, 9.17) is 0 Å². The van der Waals surface area contributed by atoms with E-state index >= 15 is 0 Å². The zero-order valence-corrected chi connectivity index (χ0v) is 11.6. The maximum atomic E-state index is 4.51. The van der Waals surface area contributed by atoms with E-state index in [-0.39, 0.29) is 0 Å². The van der Waals surface area contributed by atoms with E-state index in [1.807, 2.05) is 29.6 Å². The minimum atomic E-state index is 0.296. The Balaban J connectivity index is 1.73. The van der Waals surface area contributed by atoms with Crippen LogP contribution in [0.1, 0.15) is 25.5 Å². The van der Waals surface area contributed by atoms with Gasteiger partial charge in [0.25, 0.3) is 0 Å². The normalized spacial score (nSPS) is 23.7. The number of aryl methyl sites for hydroxylation is 1. The Morgan fingerprint density at radius 2 is 2.37 bits per heavy atom. The van der Waals surface area contributed by atoms with Crippen molar-refractivity contribution < 1.29 is 0 Å². The molecule has 2 aromatic rings. The molecular formula is C14H21N5. The Labute approximate surface area is 113 Å². The van der Waals surface area contributed by atoms with Crippen molar-refractivity contribution in [3.63, 3.8) is 0 Å². The topological polar surface area (TPSA) is 54.2 Å². The molecule has 0 amide bonds. The van der Waals surface area contributed by atoms with E-state index in [1.54, 1.807) is 0 Å². The van der Waals surface area contributed by atoms with Crippen LogP contribution in [0.2, 0.25) is 0 Å². The smallest absolute Gasteiger partial charge is 0.243 e. The van der Waals surface area contributed by atoms with Gasteiger partial charge in [0, 0.05) is 18.8 Å². The van der Waals surface area contributed by atoms with Gasteiger partial charge in [0.05, 0.1) is 0 Å². The molecule has 0 saturated carbocycles. The molecule has 0 bridgehead atoms. The Morgan fingerprint density at radius 3 is 3.11 bits per heavy atom. The Hall–Kier alpha value is -1.62. The van der Waals surface area contributed by atoms with Crippen LogP contribution in [0, 0.1) is 12.3 Å². The van der Waals surface area contributed by atoms with Gasteiger partial charge in [0.15, 0.2) is 5.65 Å². The summed E-state index contributed by atoms with van der Waals surface area (Å²) in [6.45, 7) is 7.47. The monoisotopic (exact) mass is 259 g/mol. The number of pyridine rings is 1. The molecule has 0 radical (unpaired) electrons. The van der Waals surface area contributed by atoms with Crippen molar-refractivity contribution in [1.29, 1.82) is 0 Å². The van der Waals surface area contributed by atoms with Crippen LogP contribution in [0.3, 0.4) is 0 Å². The number of fused-ring (bicyclic) bond motifs is 1. The highest BCUT2D eigenvalue weighted by atomic mass is 15.4. The number of rotatable bonds is 3. The van der Waals surface area contributed by atoms with Gasteiger partial charge in [-0.3, -0.25) is 0 Å². The van der Waals surface area contributed by atoms with E-state index in [9.17, 15) is 0 Å². The Kier molecular flexibility index (Phi) is 3.14. The molecule has 1 unspecified atom stereocenters. The predicted octanol–water partition coefficient (Wildman–Crippen LogP) is 1.84. The molecule has 19 heavy (non-hydrogen) atoms. The van der Waals surface area contributed by atoms with Crippen molar-refractivity contribution in [3.8, 4) is 0 Å². The highest BCUT2D eigenvalue weighted by Crippen LogP contribution is 2.25. The standard InChI is InChI=1S/C14H21N5/c1-11-5-3-6-12-17-13(18-19(11)12)16-10-14(2)7-4-8-15-9-14/h3,5-6,15H,4,7-10H2,1-2H3,(H,16,18). The van der Waals surface area contributed by atoms with Crippen molar-refractivity contribution in [2.24, 2.45) is 5.41 Å². The molecule has 3 heterocycles. The molecule has 0 aliphatic carbocycles. The second kappa shape index (κ2) is 4.81. The molecule has 3 rings (SSSR count). The molecule has 1 saturated heterocycles. The van der Waals surface area contributed by atoms with Crippen LogP contribution in [-0.2, 0) is 0 Å². The van der Waals surface area contributed by atoms with Gasteiger partial charge in [-0.15, -0.1) is 5.10 Å². The highest BCUT2D eigenvalue weighted by molar-refractivity contribution is 5.44. The molecule has 2 aromatic heterocycles. The van der Waals surface area contributed by atoms with Gasteiger partial charge in [0.2, 0.25) is 5.95 Å². The first kappa shape index (κ1) is 12.4. The largest absolute Gasteiger partial charge is 0.352 e. The number of nitrogens with zero attached hydrogens (tertiary/aromatic N) is 3. The summed E-state index contributed by atoms with van der Waals surface area (Å²) >= 11 is 0. The fourth-order valence-corrected chi connectivity index (χ4v) is 2.67. The Morgan fingerprint density at radius 1 is 1.47 bits per heavy atom. The molecule has 5 nitrogen and oxygen atoms in total. The van der Waals surface area contributed by atoms with Crippen molar-refractivity contribution >= 4 is 11.6 Å². The summed E-state index contributed by atoms with van der Waals surface area (Å²) in [6.07, 6.45) is 2.50. The first-order valence-electron chi connectivity index (χ1n) is 6.93. The zero-order chi connectivity index (χ0) is 13.3. The van der Waals surface area contributed by atoms with E-state index in [0.29, 0.717) is 5.41 Å². The second-order valence-electron chi connectivity index (χ2n) is 5.82. The van der Waals surface area contributed by atoms with E-state index in [0.717, 1.165) is 36.9 Å². The maximum Gasteiger partial charge on any atom is 0.243 e. The molecule has 1 atom stereocenters. The maximum absolute atomic E-state index is 4.51. The molecule has 102 valence electrons. The third kappa shape index (κ3) is 2.56. The first-order valence-corrected chi connectivity index (χ1v) is 6.93. The van der Waals surface area contributed by atoms with Crippen LogP contribution in [0.5, 0.6) is 0 Å². The summed E-state index contributed by atoms with van der Waals surface area (Å²) in [5.41, 5.74) is 2.29. The number of nitrogens with one attached hydrogen (secondary N) is 2. The number of anilines is 1. The lowest BCUT2D eigenvalue weighted by Crippen LogP contribution is -2.42. The molecule has 1 aliphatic rings. The molecular weight excluding hydrogens is 238 g/mol. The van der Waals surface area contributed by atoms with Gasteiger partial charge < -0.3 is 10.6 Å². The average Bonchev–Trinajstić information content (AvgIpc) is 2.82. The summed E-state index contributed by atoms with van der Waals surface area (Å²) in [7, 11) is 0. The van der Waals surface area contributed by atoms with Crippen LogP contribution in [0.25, 0.3) is 5.65 Å². The van der Waals surface area contributed by atoms with Crippen molar-refractivity contribution in [1.82, 2.24) is 19.9 Å². The van der Waals surface area contributed by atoms with Gasteiger partial charge in [-0.1, -0.05) is 13.0 Å². The van der Waals surface area contributed by atoms with Gasteiger partial charge in [-0.05, 0) is 43.9 Å². The number of hydrogen-bond donors (Lipinski definition) is 2. The molecule has 1 aliphatic heterocycles. The van der Waals surface area contributed by atoms with Crippen molar-refractivity contribution in [2.75, 3.05) is 25.0 Å². The van der Waals surface area contributed by atoms with E-state index < -0.39 is 0 Å². The number of aromatic nitrogens is 3. The number of hydrogen-bond acceptors (Lipinski definition) is 4. The lowest BCUT2D eigenvalue weighted by atomic mass is 9.83. The van der Waals surface area contributed by atoms with Crippen LogP contribution in [-0.4, -0.2) is 34.2 Å². The SMILES string of the molecule is Cc1cccc2nc(NCC3(C)CCCNC3)nn12. The minimum absolute atomic E-state index is 0.296. The van der Waals surface area contributed by atoms with E-state index in [1.165, 1.54) is 12.8 Å². The molecule has 2 N–H and O–H groups in total. The highest BCUT2D eigenvalue weighted by Gasteiger charge is 2.26. The van der Waals surface area contributed by atoms with Gasteiger partial charge in [0.1, 0.15) is 0 Å². The second-order valence-corrected chi connectivity index (χ2v) is 5.82. The fourth-order valence-electron chi connectivity index (χ4n) is 2.67. The number of piperidine rings is 1. The first-order chi connectivity index (χ1) is 9.16. The van der Waals surface area contributed by atoms with Gasteiger partial charge >= 0.3 is 0 Å². The van der Waals surface area contributed by atoms with Crippen molar-refractivity contribution in [2.45, 2.75) is 26.7 Å². The third-order valence-corrected chi connectivity index (χ3v) is 3.91. The van der Waals surface area contributed by atoms with Crippen molar-refractivity contribution in [3.05, 3.63) is 23.9 Å². The summed E-state index contributed by atoms with van der Waals surface area (Å²) < 4.78 is 1.88. The van der Waals surface area contributed by atoms with Crippen LogP contribution >= 0.6 is 0 Å². The van der Waals surface area contributed by atoms with Gasteiger partial charge in [-0.25, -0.2) is 4.52 Å². The fraction of sp³-hybridized carbons (Fsp3) is 0.571. The average molecular weight is 259 g/mol. The van der Waals surface area contributed by atoms with Gasteiger partial charge in [-0.2, -0.15) is 4.98 Å². The molecule has 5 heteroatoms. The minimum Gasteiger partial charge on any atom is -0.352 e. The molecule has 0 spiro atoms. The third-order valence-electron chi connectivity index (χ3n) is 3.91. The zero-order valence-electron chi connectivity index (χ0n) is 11.6. The van der Waals surface area contributed by atoms with Crippen LogP contribution in [0.15, 0.2) is 18.2 Å². The predicted molar refractivity (Wildman–Crippen MR) is 76.4 cm³/mol. The van der Waals surface area contributed by atoms with Crippen LogP contribution in [0.4, 0.5) is 5.95 Å². The molecule has 1 fully saturated rings.